The fraction of sp³-hybridized carbons (Fsp3) is 0.111. The number of alkyl halides is 3. The molecule has 3 nitrogen and oxygen atoms in total. The SMILES string of the molecule is Nc1nc(C(F)(F)F)c2ccc(F)cc2n1. The van der Waals surface area contributed by atoms with Crippen LogP contribution < -0.4 is 5.73 Å². The Bertz CT molecular complexity index is 545. The maximum Gasteiger partial charge on any atom is 0.434 e. The Morgan fingerprint density at radius 2 is 1.81 bits per heavy atom. The highest BCUT2D eigenvalue weighted by Gasteiger charge is 2.35. The van der Waals surface area contributed by atoms with Crippen LogP contribution in [0, 0.1) is 5.82 Å². The van der Waals surface area contributed by atoms with E-state index in [1.807, 2.05) is 0 Å². The molecule has 0 unspecified atom stereocenters. The molecule has 0 saturated carbocycles. The number of aromatic nitrogens is 2. The van der Waals surface area contributed by atoms with Gasteiger partial charge in [-0.2, -0.15) is 13.2 Å². The molecule has 0 aliphatic carbocycles. The molecule has 2 rings (SSSR count). The van der Waals surface area contributed by atoms with E-state index in [1.165, 1.54) is 0 Å². The smallest absolute Gasteiger partial charge is 0.368 e. The van der Waals surface area contributed by atoms with Crippen molar-refractivity contribution in [2.75, 3.05) is 5.73 Å². The zero-order valence-corrected chi connectivity index (χ0v) is 7.72. The summed E-state index contributed by atoms with van der Waals surface area (Å²) < 4.78 is 50.5. The average Bonchev–Trinajstić information content (AvgIpc) is 2.14. The van der Waals surface area contributed by atoms with Crippen molar-refractivity contribution >= 4 is 16.9 Å². The molecule has 0 bridgehead atoms. The second kappa shape index (κ2) is 3.29. The van der Waals surface area contributed by atoms with Crippen molar-refractivity contribution in [1.29, 1.82) is 0 Å². The molecular formula is C9H5F4N3. The van der Waals surface area contributed by atoms with Crippen molar-refractivity contribution in [1.82, 2.24) is 9.97 Å². The summed E-state index contributed by atoms with van der Waals surface area (Å²) in [5.41, 5.74) is 3.80. The van der Waals surface area contributed by atoms with Crippen LogP contribution in [0.5, 0.6) is 0 Å². The lowest BCUT2D eigenvalue weighted by atomic mass is 10.2. The van der Waals surface area contributed by atoms with Gasteiger partial charge in [0.25, 0.3) is 0 Å². The largest absolute Gasteiger partial charge is 0.434 e. The summed E-state index contributed by atoms with van der Waals surface area (Å²) in [6.45, 7) is 0. The predicted molar refractivity (Wildman–Crippen MR) is 48.9 cm³/mol. The number of fused-ring (bicyclic) bond motifs is 1. The first-order valence-electron chi connectivity index (χ1n) is 4.18. The number of nitrogens with zero attached hydrogens (tertiary/aromatic N) is 2. The van der Waals surface area contributed by atoms with E-state index in [0.717, 1.165) is 18.2 Å². The van der Waals surface area contributed by atoms with Gasteiger partial charge in [-0.15, -0.1) is 0 Å². The normalized spacial score (nSPS) is 12.0. The summed E-state index contributed by atoms with van der Waals surface area (Å²) in [7, 11) is 0. The van der Waals surface area contributed by atoms with E-state index >= 15 is 0 Å². The first-order valence-corrected chi connectivity index (χ1v) is 4.18. The Morgan fingerprint density at radius 3 is 2.44 bits per heavy atom. The number of rotatable bonds is 0. The summed E-state index contributed by atoms with van der Waals surface area (Å²) in [6.07, 6.45) is -4.65. The molecule has 0 saturated heterocycles. The second-order valence-corrected chi connectivity index (χ2v) is 3.09. The minimum absolute atomic E-state index is 0.167. The first kappa shape index (κ1) is 10.6. The summed E-state index contributed by atoms with van der Waals surface area (Å²) in [5.74, 6) is -1.22. The summed E-state index contributed by atoms with van der Waals surface area (Å²) in [4.78, 5) is 6.66. The molecule has 84 valence electrons. The van der Waals surface area contributed by atoms with Gasteiger partial charge in [0, 0.05) is 11.5 Å². The number of nitrogen functional groups attached to an aromatic ring is 1. The van der Waals surface area contributed by atoms with E-state index in [2.05, 4.69) is 9.97 Å². The topological polar surface area (TPSA) is 51.8 Å². The summed E-state index contributed by atoms with van der Waals surface area (Å²) in [6, 6.07) is 2.77. The maximum absolute atomic E-state index is 12.8. The quantitative estimate of drug-likeness (QED) is 0.708. The van der Waals surface area contributed by atoms with Gasteiger partial charge in [-0.1, -0.05) is 0 Å². The molecule has 0 atom stereocenters. The van der Waals surface area contributed by atoms with Crippen LogP contribution in [0.25, 0.3) is 10.9 Å². The lowest BCUT2D eigenvalue weighted by molar-refractivity contribution is -0.139. The molecule has 0 aliphatic heterocycles. The van der Waals surface area contributed by atoms with Gasteiger partial charge in [-0.3, -0.25) is 0 Å². The highest BCUT2D eigenvalue weighted by atomic mass is 19.4. The van der Waals surface area contributed by atoms with E-state index < -0.39 is 23.6 Å². The third-order valence-electron chi connectivity index (χ3n) is 1.94. The van der Waals surface area contributed by atoms with Crippen LogP contribution in [0.1, 0.15) is 5.69 Å². The molecular weight excluding hydrogens is 226 g/mol. The second-order valence-electron chi connectivity index (χ2n) is 3.09. The highest BCUT2D eigenvalue weighted by molar-refractivity contribution is 5.82. The van der Waals surface area contributed by atoms with Crippen molar-refractivity contribution in [3.63, 3.8) is 0 Å². The fourth-order valence-electron chi connectivity index (χ4n) is 1.34. The monoisotopic (exact) mass is 231 g/mol. The van der Waals surface area contributed by atoms with E-state index in [-0.39, 0.29) is 10.9 Å². The van der Waals surface area contributed by atoms with Gasteiger partial charge in [0.1, 0.15) is 5.82 Å². The van der Waals surface area contributed by atoms with Gasteiger partial charge in [-0.25, -0.2) is 14.4 Å². The van der Waals surface area contributed by atoms with Crippen molar-refractivity contribution in [2.24, 2.45) is 0 Å². The van der Waals surface area contributed by atoms with Gasteiger partial charge < -0.3 is 5.73 Å². The van der Waals surface area contributed by atoms with Gasteiger partial charge in [0.05, 0.1) is 5.52 Å². The summed E-state index contributed by atoms with van der Waals surface area (Å²) in [5, 5.41) is -0.275. The molecule has 1 aromatic heterocycles. The number of halogens is 4. The molecule has 0 radical (unpaired) electrons. The molecule has 0 amide bonds. The lowest BCUT2D eigenvalue weighted by Gasteiger charge is -2.09. The number of hydrogen-bond donors (Lipinski definition) is 1. The minimum atomic E-state index is -4.65. The van der Waals surface area contributed by atoms with Crippen LogP contribution in [-0.2, 0) is 6.18 Å². The van der Waals surface area contributed by atoms with Crippen LogP contribution in [0.2, 0.25) is 0 Å². The molecule has 2 N–H and O–H groups in total. The Balaban J connectivity index is 2.83. The van der Waals surface area contributed by atoms with Crippen LogP contribution in [0.15, 0.2) is 18.2 Å². The first-order chi connectivity index (χ1) is 7.38. The zero-order chi connectivity index (χ0) is 11.9. The minimum Gasteiger partial charge on any atom is -0.368 e. The average molecular weight is 231 g/mol. The molecule has 1 aromatic carbocycles. The molecule has 0 fully saturated rings. The predicted octanol–water partition coefficient (Wildman–Crippen LogP) is 2.37. The number of nitrogens with two attached hydrogens (primary N) is 1. The van der Waals surface area contributed by atoms with Gasteiger partial charge in [0.2, 0.25) is 5.95 Å². The molecule has 0 aliphatic rings. The van der Waals surface area contributed by atoms with Crippen molar-refractivity contribution in [3.8, 4) is 0 Å². The van der Waals surface area contributed by atoms with Crippen LogP contribution in [-0.4, -0.2) is 9.97 Å². The maximum atomic E-state index is 12.8. The Labute approximate surface area is 86.9 Å². The highest BCUT2D eigenvalue weighted by Crippen LogP contribution is 2.33. The van der Waals surface area contributed by atoms with Crippen molar-refractivity contribution in [3.05, 3.63) is 29.7 Å². The Hall–Kier alpha value is -1.92. The van der Waals surface area contributed by atoms with Crippen LogP contribution in [0.3, 0.4) is 0 Å². The third kappa shape index (κ3) is 1.75. The van der Waals surface area contributed by atoms with Gasteiger partial charge in [0.15, 0.2) is 5.69 Å². The third-order valence-corrected chi connectivity index (χ3v) is 1.94. The van der Waals surface area contributed by atoms with Crippen LogP contribution >= 0.6 is 0 Å². The van der Waals surface area contributed by atoms with Gasteiger partial charge >= 0.3 is 6.18 Å². The number of hydrogen-bond acceptors (Lipinski definition) is 3. The molecule has 1 heterocycles. The standard InChI is InChI=1S/C9H5F4N3/c10-4-1-2-5-6(3-4)15-8(14)16-7(5)9(11,12)13/h1-3H,(H2,14,15,16). The van der Waals surface area contributed by atoms with Crippen molar-refractivity contribution < 1.29 is 17.6 Å². The number of anilines is 1. The van der Waals surface area contributed by atoms with Crippen LogP contribution in [0.4, 0.5) is 23.5 Å². The Kier molecular flexibility index (Phi) is 2.18. The van der Waals surface area contributed by atoms with E-state index in [9.17, 15) is 17.6 Å². The lowest BCUT2D eigenvalue weighted by Crippen LogP contribution is -2.11. The van der Waals surface area contributed by atoms with E-state index in [4.69, 9.17) is 5.73 Å². The Morgan fingerprint density at radius 1 is 1.12 bits per heavy atom. The molecule has 0 spiro atoms. The van der Waals surface area contributed by atoms with E-state index in [1.54, 1.807) is 0 Å². The number of benzene rings is 1. The fourth-order valence-corrected chi connectivity index (χ4v) is 1.34. The molecule has 16 heavy (non-hydrogen) atoms. The van der Waals surface area contributed by atoms with E-state index in [0.29, 0.717) is 0 Å². The molecule has 7 heteroatoms. The van der Waals surface area contributed by atoms with Gasteiger partial charge in [-0.05, 0) is 12.1 Å². The summed E-state index contributed by atoms with van der Waals surface area (Å²) >= 11 is 0. The van der Waals surface area contributed by atoms with Crippen molar-refractivity contribution in [2.45, 2.75) is 6.18 Å². The zero-order valence-electron chi connectivity index (χ0n) is 7.72. The molecule has 2 aromatic rings.